The molecule has 2 rings (SSSR count). The molecule has 1 fully saturated rings. The maximum absolute atomic E-state index is 12.3. The van der Waals surface area contributed by atoms with E-state index < -0.39 is 5.76 Å². The van der Waals surface area contributed by atoms with Crippen molar-refractivity contribution in [2.24, 2.45) is 11.8 Å². The van der Waals surface area contributed by atoms with Crippen molar-refractivity contribution in [3.05, 3.63) is 24.3 Å². The second-order valence-corrected chi connectivity index (χ2v) is 7.35. The van der Waals surface area contributed by atoms with Crippen molar-refractivity contribution in [2.75, 3.05) is 5.32 Å². The van der Waals surface area contributed by atoms with Crippen LogP contribution in [0.3, 0.4) is 0 Å². The first-order valence-corrected chi connectivity index (χ1v) is 8.87. The molecule has 0 unspecified atom stereocenters. The summed E-state index contributed by atoms with van der Waals surface area (Å²) in [4.78, 5) is 0.550. The molecule has 22 heavy (non-hydrogen) atoms. The Morgan fingerprint density at radius 3 is 2.55 bits per heavy atom. The number of halogens is 2. The van der Waals surface area contributed by atoms with E-state index in [0.29, 0.717) is 39.6 Å². The van der Waals surface area contributed by atoms with Crippen LogP contribution in [0.1, 0.15) is 33.1 Å². The van der Waals surface area contributed by atoms with Crippen LogP contribution in [0.4, 0.5) is 14.5 Å². The summed E-state index contributed by atoms with van der Waals surface area (Å²) in [5.41, 5.74) is 0.813. The van der Waals surface area contributed by atoms with Crippen molar-refractivity contribution in [3.63, 3.8) is 0 Å². The Labute approximate surface area is 140 Å². The predicted octanol–water partition coefficient (Wildman–Crippen LogP) is 5.11. The van der Waals surface area contributed by atoms with E-state index in [1.807, 2.05) is 0 Å². The summed E-state index contributed by atoms with van der Waals surface area (Å²) >= 11 is 5.91. The van der Waals surface area contributed by atoms with E-state index in [0.717, 1.165) is 12.1 Å². The molecule has 2 N–H and O–H groups in total. The van der Waals surface area contributed by atoms with Gasteiger partial charge in [0.25, 0.3) is 5.76 Å². The number of thioether (sulfide) groups is 1. The van der Waals surface area contributed by atoms with E-state index in [2.05, 4.69) is 24.5 Å². The van der Waals surface area contributed by atoms with E-state index >= 15 is 0 Å². The number of hydrogen-bond acceptors (Lipinski definition) is 2. The molecule has 0 amide bonds. The molecule has 0 radical (unpaired) electrons. The molecule has 1 aromatic rings. The molecule has 122 valence electrons. The van der Waals surface area contributed by atoms with E-state index in [9.17, 15) is 8.78 Å². The molecular formula is C16H22F2N2S2. The van der Waals surface area contributed by atoms with E-state index in [1.54, 1.807) is 24.3 Å². The van der Waals surface area contributed by atoms with Gasteiger partial charge in [0.1, 0.15) is 0 Å². The molecule has 1 aliphatic rings. The van der Waals surface area contributed by atoms with Crippen LogP contribution in [0, 0.1) is 11.8 Å². The summed E-state index contributed by atoms with van der Waals surface area (Å²) in [5, 5.41) is 7.12. The van der Waals surface area contributed by atoms with Crippen LogP contribution in [-0.2, 0) is 0 Å². The van der Waals surface area contributed by atoms with Gasteiger partial charge in [-0.15, -0.1) is 0 Å². The van der Waals surface area contributed by atoms with Crippen LogP contribution >= 0.6 is 24.0 Å². The minimum atomic E-state index is -2.39. The number of alkyl halides is 2. The molecule has 1 aliphatic carbocycles. The van der Waals surface area contributed by atoms with Crippen molar-refractivity contribution in [2.45, 2.75) is 49.8 Å². The standard InChI is InChI=1S/C16H22F2N2S2/c1-10-4-3-5-14(11(10)2)20-16(21)19-12-6-8-13(9-7-12)22-15(17)18/h6-11,14-15H,3-5H2,1-2H3,(H2,19,20,21)/t10-,11+,14-/m0/s1. The Bertz CT molecular complexity index is 493. The van der Waals surface area contributed by atoms with Crippen LogP contribution in [0.2, 0.25) is 0 Å². The first-order valence-electron chi connectivity index (χ1n) is 7.58. The highest BCUT2D eigenvalue weighted by Crippen LogP contribution is 2.29. The van der Waals surface area contributed by atoms with Crippen molar-refractivity contribution in [1.82, 2.24) is 5.32 Å². The molecule has 0 saturated heterocycles. The molecule has 0 aromatic heterocycles. The van der Waals surface area contributed by atoms with Gasteiger partial charge < -0.3 is 10.6 Å². The molecule has 1 aromatic carbocycles. The smallest absolute Gasteiger partial charge is 0.288 e. The molecule has 0 bridgehead atoms. The normalized spacial score (nSPS) is 25.0. The fourth-order valence-corrected chi connectivity index (χ4v) is 3.61. The van der Waals surface area contributed by atoms with Gasteiger partial charge in [0, 0.05) is 16.6 Å². The SMILES string of the molecule is C[C@H]1[C@@H](NC(=S)Nc2ccc(SC(F)F)cc2)CCC[C@@H]1C. The lowest BCUT2D eigenvalue weighted by atomic mass is 9.78. The summed E-state index contributed by atoms with van der Waals surface area (Å²) in [6, 6.07) is 7.29. The summed E-state index contributed by atoms with van der Waals surface area (Å²) in [5.74, 6) is -1.09. The van der Waals surface area contributed by atoms with E-state index in [1.165, 1.54) is 12.8 Å². The van der Waals surface area contributed by atoms with Gasteiger partial charge in [-0.2, -0.15) is 8.78 Å². The highest BCUT2D eigenvalue weighted by Gasteiger charge is 2.27. The van der Waals surface area contributed by atoms with Crippen LogP contribution in [0.5, 0.6) is 0 Å². The fraction of sp³-hybridized carbons (Fsp3) is 0.562. The number of thiocarbonyl (C=S) groups is 1. The van der Waals surface area contributed by atoms with Gasteiger partial charge >= 0.3 is 0 Å². The average Bonchev–Trinajstić information content (AvgIpc) is 2.45. The molecule has 0 aliphatic heterocycles. The lowest BCUT2D eigenvalue weighted by Gasteiger charge is -2.35. The van der Waals surface area contributed by atoms with Gasteiger partial charge in [-0.3, -0.25) is 0 Å². The molecule has 6 heteroatoms. The van der Waals surface area contributed by atoms with Gasteiger partial charge in [0.2, 0.25) is 0 Å². The number of benzene rings is 1. The highest BCUT2D eigenvalue weighted by atomic mass is 32.2. The lowest BCUT2D eigenvalue weighted by Crippen LogP contribution is -2.45. The molecular weight excluding hydrogens is 322 g/mol. The third-order valence-corrected chi connectivity index (χ3v) is 5.30. The molecule has 1 saturated carbocycles. The maximum Gasteiger partial charge on any atom is 0.288 e. The molecule has 0 spiro atoms. The third-order valence-electron chi connectivity index (χ3n) is 4.36. The summed E-state index contributed by atoms with van der Waals surface area (Å²) in [6.07, 6.45) is 3.64. The maximum atomic E-state index is 12.3. The molecule has 2 nitrogen and oxygen atoms in total. The zero-order chi connectivity index (χ0) is 16.1. The molecule has 0 heterocycles. The van der Waals surface area contributed by atoms with Gasteiger partial charge in [0.15, 0.2) is 5.11 Å². The third kappa shape index (κ3) is 5.09. The Balaban J connectivity index is 1.86. The van der Waals surface area contributed by atoms with Gasteiger partial charge in [-0.1, -0.05) is 38.5 Å². The van der Waals surface area contributed by atoms with Crippen LogP contribution in [-0.4, -0.2) is 16.9 Å². The second-order valence-electron chi connectivity index (χ2n) is 5.88. The zero-order valence-corrected chi connectivity index (χ0v) is 14.4. The first-order chi connectivity index (χ1) is 10.5. The Kier molecular flexibility index (Phi) is 6.44. The van der Waals surface area contributed by atoms with Gasteiger partial charge in [0.05, 0.1) is 0 Å². The minimum absolute atomic E-state index is 0.400. The first kappa shape index (κ1) is 17.5. The Hall–Kier alpha value is -0.880. The van der Waals surface area contributed by atoms with Crippen LogP contribution < -0.4 is 10.6 Å². The fourth-order valence-electron chi connectivity index (χ4n) is 2.84. The number of rotatable bonds is 4. The van der Waals surface area contributed by atoms with Crippen molar-refractivity contribution in [1.29, 1.82) is 0 Å². The predicted molar refractivity (Wildman–Crippen MR) is 93.6 cm³/mol. The van der Waals surface area contributed by atoms with Crippen molar-refractivity contribution in [3.8, 4) is 0 Å². The largest absolute Gasteiger partial charge is 0.359 e. The number of hydrogen-bond donors (Lipinski definition) is 2. The Morgan fingerprint density at radius 1 is 1.23 bits per heavy atom. The summed E-state index contributed by atoms with van der Waals surface area (Å²) < 4.78 is 24.6. The van der Waals surface area contributed by atoms with E-state index in [-0.39, 0.29) is 0 Å². The Morgan fingerprint density at radius 2 is 1.91 bits per heavy atom. The average molecular weight is 344 g/mol. The highest BCUT2D eigenvalue weighted by molar-refractivity contribution is 7.99. The number of anilines is 1. The quantitative estimate of drug-likeness (QED) is 0.585. The zero-order valence-electron chi connectivity index (χ0n) is 12.8. The lowest BCUT2D eigenvalue weighted by molar-refractivity contribution is 0.225. The van der Waals surface area contributed by atoms with Crippen LogP contribution in [0.25, 0.3) is 0 Å². The van der Waals surface area contributed by atoms with Crippen molar-refractivity contribution >= 4 is 34.8 Å². The summed E-state index contributed by atoms with van der Waals surface area (Å²) in [7, 11) is 0. The topological polar surface area (TPSA) is 24.1 Å². The second kappa shape index (κ2) is 8.11. The van der Waals surface area contributed by atoms with Crippen molar-refractivity contribution < 1.29 is 8.78 Å². The monoisotopic (exact) mass is 344 g/mol. The van der Waals surface area contributed by atoms with E-state index in [4.69, 9.17) is 12.2 Å². The van der Waals surface area contributed by atoms with Gasteiger partial charge in [-0.05, 0) is 54.7 Å². The summed E-state index contributed by atoms with van der Waals surface area (Å²) in [6.45, 7) is 4.55. The van der Waals surface area contributed by atoms with Crippen LogP contribution in [0.15, 0.2) is 29.2 Å². The number of nitrogens with one attached hydrogen (secondary N) is 2. The minimum Gasteiger partial charge on any atom is -0.359 e. The molecule has 3 atom stereocenters. The van der Waals surface area contributed by atoms with Gasteiger partial charge in [-0.25, -0.2) is 0 Å².